The first-order valence-corrected chi connectivity index (χ1v) is 9.62. The maximum absolute atomic E-state index is 13.0. The van der Waals surface area contributed by atoms with Crippen molar-refractivity contribution in [3.8, 4) is 5.75 Å². The number of imide groups is 1. The minimum atomic E-state index is -1.25. The molecule has 0 aliphatic carbocycles. The Balaban J connectivity index is 1.59. The summed E-state index contributed by atoms with van der Waals surface area (Å²) < 4.78 is 10.5. The van der Waals surface area contributed by atoms with Gasteiger partial charge in [-0.15, -0.1) is 0 Å². The van der Waals surface area contributed by atoms with Crippen LogP contribution in [0.25, 0.3) is 0 Å². The second-order valence-corrected chi connectivity index (χ2v) is 7.51. The lowest BCUT2D eigenvalue weighted by Crippen LogP contribution is -2.47. The zero-order valence-corrected chi connectivity index (χ0v) is 16.5. The number of esters is 1. The van der Waals surface area contributed by atoms with Crippen molar-refractivity contribution in [2.45, 2.75) is 32.2 Å². The van der Waals surface area contributed by atoms with E-state index in [0.717, 1.165) is 11.3 Å². The topological polar surface area (TPSA) is 114 Å². The number of urea groups is 1. The highest BCUT2D eigenvalue weighted by Crippen LogP contribution is 2.40. The molecule has 0 unspecified atom stereocenters. The van der Waals surface area contributed by atoms with Gasteiger partial charge in [-0.2, -0.15) is 0 Å². The lowest BCUT2D eigenvalue weighted by molar-refractivity contribution is -0.151. The molecule has 9 heteroatoms. The summed E-state index contributed by atoms with van der Waals surface area (Å²) in [7, 11) is 0. The van der Waals surface area contributed by atoms with Crippen molar-refractivity contribution >= 4 is 23.8 Å². The number of para-hydroxylation sites is 1. The third-order valence-corrected chi connectivity index (χ3v) is 4.95. The molecular weight excluding hydrogens is 378 g/mol. The summed E-state index contributed by atoms with van der Waals surface area (Å²) in [5, 5.41) is 5.35. The molecule has 1 spiro atoms. The minimum Gasteiger partial charge on any atom is -0.493 e. The minimum absolute atomic E-state index is 0.262. The van der Waals surface area contributed by atoms with Crippen LogP contribution in [0.4, 0.5) is 4.79 Å². The number of fused-ring (bicyclic) bond motifs is 2. The Morgan fingerprint density at radius 3 is 2.83 bits per heavy atom. The quantitative estimate of drug-likeness (QED) is 0.517. The van der Waals surface area contributed by atoms with Crippen LogP contribution in [0.1, 0.15) is 32.3 Å². The molecular formula is C20H25N3O6. The number of amides is 4. The fourth-order valence-electron chi connectivity index (χ4n) is 3.39. The van der Waals surface area contributed by atoms with E-state index in [4.69, 9.17) is 9.47 Å². The Kier molecular flexibility index (Phi) is 6.05. The van der Waals surface area contributed by atoms with Crippen LogP contribution in [0.15, 0.2) is 24.3 Å². The van der Waals surface area contributed by atoms with E-state index < -0.39 is 42.5 Å². The van der Waals surface area contributed by atoms with E-state index in [1.165, 1.54) is 0 Å². The predicted octanol–water partition coefficient (Wildman–Crippen LogP) is 0.922. The molecule has 1 aromatic carbocycles. The first kappa shape index (κ1) is 20.6. The van der Waals surface area contributed by atoms with Crippen LogP contribution in [0.3, 0.4) is 0 Å². The summed E-state index contributed by atoms with van der Waals surface area (Å²) >= 11 is 0. The van der Waals surface area contributed by atoms with Crippen molar-refractivity contribution in [3.05, 3.63) is 29.8 Å². The summed E-state index contributed by atoms with van der Waals surface area (Å²) in [5.41, 5.74) is -0.689. The largest absolute Gasteiger partial charge is 0.493 e. The van der Waals surface area contributed by atoms with Gasteiger partial charge in [-0.25, -0.2) is 4.79 Å². The van der Waals surface area contributed by atoms with Crippen molar-refractivity contribution in [1.82, 2.24) is 15.5 Å². The molecule has 0 saturated carbocycles. The normalized spacial score (nSPS) is 20.3. The van der Waals surface area contributed by atoms with Gasteiger partial charge < -0.3 is 20.1 Å². The van der Waals surface area contributed by atoms with Crippen molar-refractivity contribution < 1.29 is 28.7 Å². The monoisotopic (exact) mass is 403 g/mol. The highest BCUT2D eigenvalue weighted by molar-refractivity contribution is 6.09. The average molecular weight is 403 g/mol. The number of hydrogen-bond donors (Lipinski definition) is 2. The zero-order valence-electron chi connectivity index (χ0n) is 16.5. The van der Waals surface area contributed by atoms with E-state index in [9.17, 15) is 19.2 Å². The van der Waals surface area contributed by atoms with Crippen LogP contribution in [0.5, 0.6) is 5.75 Å². The fourth-order valence-corrected chi connectivity index (χ4v) is 3.39. The molecule has 1 atom stereocenters. The van der Waals surface area contributed by atoms with Crippen molar-refractivity contribution in [3.63, 3.8) is 0 Å². The molecule has 3 rings (SSSR count). The number of rotatable bonds is 7. The Morgan fingerprint density at radius 2 is 2.07 bits per heavy atom. The van der Waals surface area contributed by atoms with Gasteiger partial charge >= 0.3 is 12.0 Å². The molecule has 156 valence electrons. The first-order chi connectivity index (χ1) is 13.8. The summed E-state index contributed by atoms with van der Waals surface area (Å²) in [5.74, 6) is -0.817. The number of ether oxygens (including phenoxy) is 2. The molecule has 0 aromatic heterocycles. The summed E-state index contributed by atoms with van der Waals surface area (Å²) in [4.78, 5) is 50.1. The van der Waals surface area contributed by atoms with Crippen molar-refractivity contribution in [2.75, 3.05) is 26.3 Å². The summed E-state index contributed by atoms with van der Waals surface area (Å²) in [6.07, 6.45) is 1.08. The van der Waals surface area contributed by atoms with Crippen LogP contribution in [-0.4, -0.2) is 55.0 Å². The van der Waals surface area contributed by atoms with Gasteiger partial charge in [-0.1, -0.05) is 32.0 Å². The number of benzene rings is 1. The molecule has 1 aromatic rings. The highest BCUT2D eigenvalue weighted by atomic mass is 16.5. The third-order valence-electron chi connectivity index (χ3n) is 4.95. The number of hydrogen-bond acceptors (Lipinski definition) is 6. The van der Waals surface area contributed by atoms with Gasteiger partial charge in [0, 0.05) is 18.5 Å². The van der Waals surface area contributed by atoms with Crippen molar-refractivity contribution in [1.29, 1.82) is 0 Å². The lowest BCUT2D eigenvalue weighted by atomic mass is 9.84. The van der Waals surface area contributed by atoms with Crippen LogP contribution < -0.4 is 15.4 Å². The van der Waals surface area contributed by atoms with Crippen LogP contribution in [-0.2, 0) is 24.7 Å². The molecule has 1 fully saturated rings. The Hall–Kier alpha value is -3.10. The average Bonchev–Trinajstić information content (AvgIpc) is 2.91. The molecule has 2 heterocycles. The number of carbonyl (C=O) groups is 4. The molecule has 1 saturated heterocycles. The van der Waals surface area contributed by atoms with Crippen LogP contribution in [0.2, 0.25) is 0 Å². The Labute approximate surface area is 168 Å². The van der Waals surface area contributed by atoms with Crippen LogP contribution >= 0.6 is 0 Å². The van der Waals surface area contributed by atoms with Crippen molar-refractivity contribution in [2.24, 2.45) is 5.92 Å². The fraction of sp³-hybridized carbons (Fsp3) is 0.500. The van der Waals surface area contributed by atoms with Gasteiger partial charge in [0.15, 0.2) is 12.1 Å². The molecule has 2 N–H and O–H groups in total. The number of nitrogens with one attached hydrogen (secondary N) is 2. The Morgan fingerprint density at radius 1 is 1.31 bits per heavy atom. The molecule has 0 radical (unpaired) electrons. The van der Waals surface area contributed by atoms with E-state index in [1.54, 1.807) is 24.3 Å². The van der Waals surface area contributed by atoms with E-state index in [2.05, 4.69) is 10.6 Å². The van der Waals surface area contributed by atoms with Gasteiger partial charge in [0.1, 0.15) is 12.3 Å². The van der Waals surface area contributed by atoms with E-state index >= 15 is 0 Å². The molecule has 4 amide bonds. The highest BCUT2D eigenvalue weighted by Gasteiger charge is 2.55. The predicted molar refractivity (Wildman–Crippen MR) is 102 cm³/mol. The molecule has 29 heavy (non-hydrogen) atoms. The molecule has 2 aliphatic heterocycles. The van der Waals surface area contributed by atoms with E-state index in [1.807, 2.05) is 13.8 Å². The number of nitrogens with zero attached hydrogens (tertiary/aromatic N) is 1. The second kappa shape index (κ2) is 8.50. The Bertz CT molecular complexity index is 824. The van der Waals surface area contributed by atoms with Gasteiger partial charge in [0.05, 0.1) is 6.61 Å². The smallest absolute Gasteiger partial charge is 0.326 e. The van der Waals surface area contributed by atoms with Crippen LogP contribution in [0, 0.1) is 5.92 Å². The van der Waals surface area contributed by atoms with E-state index in [-0.39, 0.29) is 13.0 Å². The standard InChI is InChI=1S/C20H25N3O6/c1-13(2)7-9-21-16(24)12-29-17(25)11-23-18(26)20(22-19(23)27)8-10-28-15-6-4-3-5-14(15)20/h3-6,13H,7-12H2,1-2H3,(H,21,24)(H,22,27)/t20-/m1/s1. The molecule has 9 nitrogen and oxygen atoms in total. The van der Waals surface area contributed by atoms with Gasteiger partial charge in [-0.05, 0) is 18.4 Å². The third kappa shape index (κ3) is 4.33. The number of carbonyl (C=O) groups excluding carboxylic acids is 4. The maximum Gasteiger partial charge on any atom is 0.326 e. The second-order valence-electron chi connectivity index (χ2n) is 7.51. The summed E-state index contributed by atoms with van der Waals surface area (Å²) in [6.45, 7) is 3.81. The first-order valence-electron chi connectivity index (χ1n) is 9.62. The zero-order chi connectivity index (χ0) is 21.0. The van der Waals surface area contributed by atoms with Gasteiger partial charge in [-0.3, -0.25) is 19.3 Å². The van der Waals surface area contributed by atoms with Gasteiger partial charge in [0.2, 0.25) is 0 Å². The summed E-state index contributed by atoms with van der Waals surface area (Å²) in [6, 6.07) is 6.30. The maximum atomic E-state index is 13.0. The van der Waals surface area contributed by atoms with Gasteiger partial charge in [0.25, 0.3) is 11.8 Å². The SMILES string of the molecule is CC(C)CCNC(=O)COC(=O)CN1C(=O)N[C@@]2(CCOc3ccccc32)C1=O. The molecule has 0 bridgehead atoms. The molecule has 2 aliphatic rings. The van der Waals surface area contributed by atoms with E-state index in [0.29, 0.717) is 23.8 Å². The lowest BCUT2D eigenvalue weighted by Gasteiger charge is -2.33.